The van der Waals surface area contributed by atoms with E-state index in [0.29, 0.717) is 6.54 Å². The van der Waals surface area contributed by atoms with Gasteiger partial charge in [0.1, 0.15) is 12.2 Å². The average molecular weight is 312 g/mol. The Hall–Kier alpha value is -2.05. The molecule has 1 rings (SSSR count). The van der Waals surface area contributed by atoms with Crippen molar-refractivity contribution in [2.45, 2.75) is 27.7 Å². The monoisotopic (exact) mass is 312 g/mol. The SMILES string of the molecule is CCOC(=O)CNC1=C(C(=O)OCC)CN(CC(C)C)C1=O. The normalized spacial score (nSPS) is 14.6. The molecule has 0 aromatic carbocycles. The molecule has 0 atom stereocenters. The molecule has 0 saturated heterocycles. The maximum atomic E-state index is 12.4. The number of carbonyl (C=O) groups is 3. The van der Waals surface area contributed by atoms with Crippen LogP contribution >= 0.6 is 0 Å². The van der Waals surface area contributed by atoms with Gasteiger partial charge in [0.2, 0.25) is 0 Å². The number of ether oxygens (including phenoxy) is 2. The Labute approximate surface area is 130 Å². The second kappa shape index (κ2) is 8.41. The lowest BCUT2D eigenvalue weighted by Gasteiger charge is -2.19. The van der Waals surface area contributed by atoms with Gasteiger partial charge in [0.15, 0.2) is 0 Å². The molecule has 7 nitrogen and oxygen atoms in total. The van der Waals surface area contributed by atoms with E-state index >= 15 is 0 Å². The molecule has 1 heterocycles. The largest absolute Gasteiger partial charge is 0.465 e. The number of hydrogen-bond acceptors (Lipinski definition) is 6. The molecule has 0 aromatic heterocycles. The third-order valence-corrected chi connectivity index (χ3v) is 2.97. The van der Waals surface area contributed by atoms with Crippen LogP contribution in [0.3, 0.4) is 0 Å². The first-order valence-corrected chi connectivity index (χ1v) is 7.49. The molecule has 0 aliphatic carbocycles. The number of amides is 1. The van der Waals surface area contributed by atoms with Crippen molar-refractivity contribution in [3.63, 3.8) is 0 Å². The number of carbonyl (C=O) groups excluding carboxylic acids is 3. The summed E-state index contributed by atoms with van der Waals surface area (Å²) in [5, 5.41) is 2.72. The highest BCUT2D eigenvalue weighted by molar-refractivity contribution is 6.06. The van der Waals surface area contributed by atoms with Gasteiger partial charge in [-0.15, -0.1) is 0 Å². The van der Waals surface area contributed by atoms with Crippen molar-refractivity contribution in [2.24, 2.45) is 5.92 Å². The van der Waals surface area contributed by atoms with E-state index < -0.39 is 11.9 Å². The van der Waals surface area contributed by atoms with E-state index in [1.54, 1.807) is 18.7 Å². The summed E-state index contributed by atoms with van der Waals surface area (Å²) in [6.45, 7) is 8.44. The lowest BCUT2D eigenvalue weighted by molar-refractivity contribution is -0.142. The Morgan fingerprint density at radius 1 is 1.23 bits per heavy atom. The van der Waals surface area contributed by atoms with Crippen LogP contribution in [0.5, 0.6) is 0 Å². The van der Waals surface area contributed by atoms with E-state index in [9.17, 15) is 14.4 Å². The van der Waals surface area contributed by atoms with Crippen LogP contribution in [0.25, 0.3) is 0 Å². The van der Waals surface area contributed by atoms with Gasteiger partial charge in [-0.2, -0.15) is 0 Å². The van der Waals surface area contributed by atoms with Crippen molar-refractivity contribution in [3.05, 3.63) is 11.3 Å². The van der Waals surface area contributed by atoms with Crippen LogP contribution in [0.2, 0.25) is 0 Å². The summed E-state index contributed by atoms with van der Waals surface area (Å²) >= 11 is 0. The summed E-state index contributed by atoms with van der Waals surface area (Å²) in [4.78, 5) is 37.4. The zero-order valence-electron chi connectivity index (χ0n) is 13.6. The molecule has 1 aliphatic heterocycles. The molecule has 22 heavy (non-hydrogen) atoms. The minimum Gasteiger partial charge on any atom is -0.465 e. The molecule has 1 aliphatic rings. The molecular formula is C15H24N2O5. The van der Waals surface area contributed by atoms with Crippen molar-refractivity contribution in [1.82, 2.24) is 10.2 Å². The predicted octanol–water partition coefficient (Wildman–Crippen LogP) is 0.455. The Morgan fingerprint density at radius 2 is 1.86 bits per heavy atom. The Balaban J connectivity index is 2.86. The van der Waals surface area contributed by atoms with Crippen molar-refractivity contribution in [3.8, 4) is 0 Å². The highest BCUT2D eigenvalue weighted by Gasteiger charge is 2.35. The molecule has 0 radical (unpaired) electrons. The van der Waals surface area contributed by atoms with E-state index in [2.05, 4.69) is 5.32 Å². The van der Waals surface area contributed by atoms with Gasteiger partial charge in [-0.25, -0.2) is 4.79 Å². The zero-order valence-corrected chi connectivity index (χ0v) is 13.6. The second-order valence-electron chi connectivity index (χ2n) is 5.31. The van der Waals surface area contributed by atoms with Gasteiger partial charge in [-0.1, -0.05) is 13.8 Å². The molecule has 1 N–H and O–H groups in total. The summed E-state index contributed by atoms with van der Waals surface area (Å²) in [5.74, 6) is -1.03. The maximum Gasteiger partial charge on any atom is 0.338 e. The average Bonchev–Trinajstić information content (AvgIpc) is 2.73. The number of hydrogen-bond donors (Lipinski definition) is 1. The number of nitrogens with zero attached hydrogens (tertiary/aromatic N) is 1. The molecule has 7 heteroatoms. The van der Waals surface area contributed by atoms with Gasteiger partial charge in [0, 0.05) is 6.54 Å². The molecule has 0 aromatic rings. The fourth-order valence-corrected chi connectivity index (χ4v) is 2.16. The zero-order chi connectivity index (χ0) is 16.7. The van der Waals surface area contributed by atoms with Crippen LogP contribution < -0.4 is 5.32 Å². The van der Waals surface area contributed by atoms with Crippen LogP contribution in [0.4, 0.5) is 0 Å². The topological polar surface area (TPSA) is 84.9 Å². The van der Waals surface area contributed by atoms with Crippen LogP contribution in [0, 0.1) is 5.92 Å². The van der Waals surface area contributed by atoms with Gasteiger partial charge in [0.25, 0.3) is 5.91 Å². The third kappa shape index (κ3) is 4.75. The van der Waals surface area contributed by atoms with E-state index in [1.165, 1.54) is 0 Å². The van der Waals surface area contributed by atoms with Gasteiger partial charge in [-0.3, -0.25) is 9.59 Å². The minimum atomic E-state index is -0.534. The molecule has 0 spiro atoms. The number of esters is 2. The summed E-state index contributed by atoms with van der Waals surface area (Å²) in [6.07, 6.45) is 0. The molecule has 124 valence electrons. The van der Waals surface area contributed by atoms with Crippen LogP contribution in [0.1, 0.15) is 27.7 Å². The predicted molar refractivity (Wildman–Crippen MR) is 79.7 cm³/mol. The first kappa shape index (κ1) is 18.0. The highest BCUT2D eigenvalue weighted by Crippen LogP contribution is 2.19. The molecule has 1 amide bonds. The van der Waals surface area contributed by atoms with Gasteiger partial charge >= 0.3 is 11.9 Å². The fourth-order valence-electron chi connectivity index (χ4n) is 2.16. The number of nitrogens with one attached hydrogen (secondary N) is 1. The second-order valence-corrected chi connectivity index (χ2v) is 5.31. The summed E-state index contributed by atoms with van der Waals surface area (Å²) in [5.41, 5.74) is 0.393. The van der Waals surface area contributed by atoms with Gasteiger partial charge in [-0.05, 0) is 19.8 Å². The Bertz CT molecular complexity index is 471. The van der Waals surface area contributed by atoms with Crippen molar-refractivity contribution >= 4 is 17.8 Å². The van der Waals surface area contributed by atoms with E-state index in [-0.39, 0.29) is 49.4 Å². The van der Waals surface area contributed by atoms with E-state index in [4.69, 9.17) is 9.47 Å². The molecular weight excluding hydrogens is 288 g/mol. The number of rotatable bonds is 8. The van der Waals surface area contributed by atoms with Crippen molar-refractivity contribution < 1.29 is 23.9 Å². The van der Waals surface area contributed by atoms with Crippen LogP contribution in [-0.2, 0) is 23.9 Å². The fraction of sp³-hybridized carbons (Fsp3) is 0.667. The first-order chi connectivity index (χ1) is 10.4. The van der Waals surface area contributed by atoms with E-state index in [1.807, 2.05) is 13.8 Å². The van der Waals surface area contributed by atoms with E-state index in [0.717, 1.165) is 0 Å². The van der Waals surface area contributed by atoms with Crippen LogP contribution in [0.15, 0.2) is 11.3 Å². The smallest absolute Gasteiger partial charge is 0.338 e. The maximum absolute atomic E-state index is 12.4. The van der Waals surface area contributed by atoms with Crippen LogP contribution in [-0.4, -0.2) is 55.6 Å². The van der Waals surface area contributed by atoms with Gasteiger partial charge in [0.05, 0.1) is 25.3 Å². The Morgan fingerprint density at radius 3 is 2.41 bits per heavy atom. The molecule has 0 saturated carbocycles. The molecule has 0 fully saturated rings. The van der Waals surface area contributed by atoms with Gasteiger partial charge < -0.3 is 19.7 Å². The lowest BCUT2D eigenvalue weighted by atomic mass is 10.2. The quantitative estimate of drug-likeness (QED) is 0.655. The van der Waals surface area contributed by atoms with Crippen molar-refractivity contribution in [2.75, 3.05) is 32.8 Å². The lowest BCUT2D eigenvalue weighted by Crippen LogP contribution is -2.35. The Kier molecular flexibility index (Phi) is 6.88. The first-order valence-electron chi connectivity index (χ1n) is 7.49. The summed E-state index contributed by atoms with van der Waals surface area (Å²) in [6, 6.07) is 0. The highest BCUT2D eigenvalue weighted by atomic mass is 16.5. The standard InChI is InChI=1S/C15H24N2O5/c1-5-21-12(18)7-16-13-11(15(20)22-6-2)9-17(14(13)19)8-10(3)4/h10,16H,5-9H2,1-4H3. The molecule has 0 unspecified atom stereocenters. The van der Waals surface area contributed by atoms with Crippen molar-refractivity contribution in [1.29, 1.82) is 0 Å². The molecule has 0 bridgehead atoms. The summed E-state index contributed by atoms with van der Waals surface area (Å²) < 4.78 is 9.79. The minimum absolute atomic E-state index is 0.132. The summed E-state index contributed by atoms with van der Waals surface area (Å²) in [7, 11) is 0. The third-order valence-electron chi connectivity index (χ3n) is 2.97.